The Morgan fingerprint density at radius 1 is 1.18 bits per heavy atom. The van der Waals surface area contributed by atoms with E-state index < -0.39 is 5.25 Å². The number of hydrogen-bond donors (Lipinski definition) is 1. The highest BCUT2D eigenvalue weighted by molar-refractivity contribution is 8.14. The first kappa shape index (κ1) is 20.0. The minimum Gasteiger partial charge on any atom is -0.377 e. The van der Waals surface area contributed by atoms with Crippen molar-refractivity contribution in [2.75, 3.05) is 4.90 Å². The van der Waals surface area contributed by atoms with E-state index in [2.05, 4.69) is 10.2 Å². The third-order valence-electron chi connectivity index (χ3n) is 4.08. The van der Waals surface area contributed by atoms with Gasteiger partial charge in [0.15, 0.2) is 11.0 Å². The molecule has 28 heavy (non-hydrogen) atoms. The molecule has 144 valence electrons. The molecule has 2 N–H and O–H groups in total. The molecule has 0 spiro atoms. The number of imide groups is 1. The number of ketones is 1. The molecule has 1 fully saturated rings. The summed E-state index contributed by atoms with van der Waals surface area (Å²) in [5, 5.41) is 9.46. The number of amidine groups is 1. The second kappa shape index (κ2) is 8.49. The first-order valence-corrected chi connectivity index (χ1v) is 10.2. The van der Waals surface area contributed by atoms with E-state index in [-0.39, 0.29) is 29.2 Å². The Kier molecular flexibility index (Phi) is 6.05. The predicted molar refractivity (Wildman–Crippen MR) is 113 cm³/mol. The molecule has 2 heterocycles. The summed E-state index contributed by atoms with van der Waals surface area (Å²) >= 11 is 2.57. The van der Waals surface area contributed by atoms with Crippen LogP contribution < -0.4 is 10.6 Å². The summed E-state index contributed by atoms with van der Waals surface area (Å²) in [5.41, 5.74) is 7.56. The summed E-state index contributed by atoms with van der Waals surface area (Å²) in [6.07, 6.45) is 0.0296. The molecular weight excluding hydrogens is 396 g/mol. The SMILES string of the molecule is CC(=O)c1ccc(N2C(=O)CC(SC(N)=N/N=C(/C)c3cccs3)C2=O)cc1. The van der Waals surface area contributed by atoms with E-state index in [4.69, 9.17) is 5.73 Å². The van der Waals surface area contributed by atoms with Crippen molar-refractivity contribution in [3.05, 3.63) is 52.2 Å². The lowest BCUT2D eigenvalue weighted by Gasteiger charge is -2.15. The number of nitrogens with zero attached hydrogens (tertiary/aromatic N) is 3. The van der Waals surface area contributed by atoms with Crippen LogP contribution in [0, 0.1) is 0 Å². The van der Waals surface area contributed by atoms with Crippen LogP contribution in [0.15, 0.2) is 52.0 Å². The first-order valence-electron chi connectivity index (χ1n) is 8.43. The van der Waals surface area contributed by atoms with Crippen LogP contribution in [0.2, 0.25) is 0 Å². The van der Waals surface area contributed by atoms with Crippen molar-refractivity contribution in [1.29, 1.82) is 0 Å². The van der Waals surface area contributed by atoms with E-state index in [9.17, 15) is 14.4 Å². The monoisotopic (exact) mass is 414 g/mol. The lowest BCUT2D eigenvalue weighted by Crippen LogP contribution is -2.31. The molecule has 0 saturated carbocycles. The fourth-order valence-corrected chi connectivity index (χ4v) is 4.12. The van der Waals surface area contributed by atoms with Gasteiger partial charge in [0.25, 0.3) is 0 Å². The van der Waals surface area contributed by atoms with Gasteiger partial charge in [-0.25, -0.2) is 4.90 Å². The maximum absolute atomic E-state index is 12.7. The number of hydrogen-bond acceptors (Lipinski definition) is 7. The minimum absolute atomic E-state index is 0.0296. The van der Waals surface area contributed by atoms with E-state index in [0.717, 1.165) is 27.3 Å². The van der Waals surface area contributed by atoms with E-state index in [1.807, 2.05) is 24.4 Å². The smallest absolute Gasteiger partial charge is 0.247 e. The topological polar surface area (TPSA) is 105 Å². The van der Waals surface area contributed by atoms with Gasteiger partial charge in [-0.2, -0.15) is 5.10 Å². The summed E-state index contributed by atoms with van der Waals surface area (Å²) in [7, 11) is 0. The summed E-state index contributed by atoms with van der Waals surface area (Å²) in [5.74, 6) is -0.756. The quantitative estimate of drug-likeness (QED) is 0.266. The molecule has 9 heteroatoms. The standard InChI is InChI=1S/C19H18N4O3S2/c1-11(15-4-3-9-27-15)21-22-19(20)28-16-10-17(25)23(18(16)26)14-7-5-13(6-8-14)12(2)24/h3-9,16H,10H2,1-2H3,(H2,20,22)/b21-11-. The summed E-state index contributed by atoms with van der Waals surface area (Å²) in [6.45, 7) is 3.28. The highest BCUT2D eigenvalue weighted by Gasteiger charge is 2.40. The normalized spacial score (nSPS) is 18.1. The van der Waals surface area contributed by atoms with Crippen LogP contribution >= 0.6 is 23.1 Å². The van der Waals surface area contributed by atoms with Crippen LogP contribution in [0.25, 0.3) is 0 Å². The Morgan fingerprint density at radius 3 is 2.50 bits per heavy atom. The van der Waals surface area contributed by atoms with Crippen LogP contribution in [0.1, 0.15) is 35.5 Å². The Balaban J connectivity index is 1.70. The van der Waals surface area contributed by atoms with Gasteiger partial charge in [0.1, 0.15) is 5.25 Å². The summed E-state index contributed by atoms with van der Waals surface area (Å²) in [4.78, 5) is 38.5. The lowest BCUT2D eigenvalue weighted by molar-refractivity contribution is -0.121. The van der Waals surface area contributed by atoms with Crippen LogP contribution in [-0.2, 0) is 9.59 Å². The minimum atomic E-state index is -0.652. The molecule has 1 aliphatic rings. The third-order valence-corrected chi connectivity index (χ3v) is 6.03. The number of carbonyl (C=O) groups excluding carboxylic acids is 3. The fraction of sp³-hybridized carbons (Fsp3) is 0.211. The van der Waals surface area contributed by atoms with Crippen molar-refractivity contribution >= 4 is 57.3 Å². The van der Waals surface area contributed by atoms with Crippen LogP contribution in [0.3, 0.4) is 0 Å². The molecule has 7 nitrogen and oxygen atoms in total. The summed E-state index contributed by atoms with van der Waals surface area (Å²) in [6, 6.07) is 10.2. The first-order chi connectivity index (χ1) is 13.4. The molecule has 1 saturated heterocycles. The number of Topliss-reactive ketones (excluding diaryl/α,β-unsaturated/α-hetero) is 1. The van der Waals surface area contributed by atoms with Crippen molar-refractivity contribution in [3.63, 3.8) is 0 Å². The average molecular weight is 415 g/mol. The van der Waals surface area contributed by atoms with Crippen molar-refractivity contribution < 1.29 is 14.4 Å². The third kappa shape index (κ3) is 4.37. The number of anilines is 1. The zero-order valence-electron chi connectivity index (χ0n) is 15.3. The van der Waals surface area contributed by atoms with Crippen LogP contribution in [0.5, 0.6) is 0 Å². The van der Waals surface area contributed by atoms with Crippen molar-refractivity contribution in [3.8, 4) is 0 Å². The molecule has 2 amide bonds. The van der Waals surface area contributed by atoms with Gasteiger partial charge < -0.3 is 5.73 Å². The van der Waals surface area contributed by atoms with E-state index >= 15 is 0 Å². The number of benzene rings is 1. The van der Waals surface area contributed by atoms with E-state index in [1.165, 1.54) is 6.92 Å². The van der Waals surface area contributed by atoms with Crippen molar-refractivity contribution in [2.24, 2.45) is 15.9 Å². The zero-order valence-corrected chi connectivity index (χ0v) is 16.9. The highest BCUT2D eigenvalue weighted by Crippen LogP contribution is 2.30. The number of thiophene rings is 1. The highest BCUT2D eigenvalue weighted by atomic mass is 32.2. The maximum Gasteiger partial charge on any atom is 0.247 e. The molecule has 0 radical (unpaired) electrons. The number of rotatable bonds is 5. The Morgan fingerprint density at radius 2 is 1.89 bits per heavy atom. The molecule has 1 atom stereocenters. The van der Waals surface area contributed by atoms with Gasteiger partial charge in [-0.05, 0) is 49.6 Å². The van der Waals surface area contributed by atoms with Gasteiger partial charge in [0, 0.05) is 12.0 Å². The molecular formula is C19H18N4O3S2. The molecule has 1 aromatic heterocycles. The van der Waals surface area contributed by atoms with Gasteiger partial charge in [-0.1, -0.05) is 17.8 Å². The largest absolute Gasteiger partial charge is 0.377 e. The van der Waals surface area contributed by atoms with Crippen molar-refractivity contribution in [2.45, 2.75) is 25.5 Å². The second-order valence-electron chi connectivity index (χ2n) is 6.08. The van der Waals surface area contributed by atoms with Crippen LogP contribution in [0.4, 0.5) is 5.69 Å². The number of nitrogens with two attached hydrogens (primary N) is 1. The molecule has 1 unspecified atom stereocenters. The van der Waals surface area contributed by atoms with Gasteiger partial charge in [-0.3, -0.25) is 14.4 Å². The molecule has 0 bridgehead atoms. The van der Waals surface area contributed by atoms with Crippen molar-refractivity contribution in [1.82, 2.24) is 0 Å². The number of amides is 2. The number of thioether (sulfide) groups is 1. The van der Waals surface area contributed by atoms with Gasteiger partial charge in [0.05, 0.1) is 16.3 Å². The average Bonchev–Trinajstić information content (AvgIpc) is 3.29. The zero-order chi connectivity index (χ0) is 20.3. The maximum atomic E-state index is 12.7. The lowest BCUT2D eigenvalue weighted by atomic mass is 10.1. The van der Waals surface area contributed by atoms with E-state index in [0.29, 0.717) is 11.3 Å². The predicted octanol–water partition coefficient (Wildman–Crippen LogP) is 3.05. The Labute approximate surface area is 170 Å². The molecule has 1 aliphatic heterocycles. The molecule has 0 aliphatic carbocycles. The van der Waals surface area contributed by atoms with Gasteiger partial charge >= 0.3 is 0 Å². The van der Waals surface area contributed by atoms with Gasteiger partial charge in [-0.15, -0.1) is 16.4 Å². The molecule has 3 rings (SSSR count). The molecule has 2 aromatic rings. The summed E-state index contributed by atoms with van der Waals surface area (Å²) < 4.78 is 0. The second-order valence-corrected chi connectivity index (χ2v) is 8.25. The molecule has 1 aromatic carbocycles. The Bertz CT molecular complexity index is 966. The van der Waals surface area contributed by atoms with Gasteiger partial charge in [0.2, 0.25) is 11.8 Å². The van der Waals surface area contributed by atoms with E-state index in [1.54, 1.807) is 35.6 Å². The number of carbonyl (C=O) groups is 3. The van der Waals surface area contributed by atoms with Crippen LogP contribution in [-0.4, -0.2) is 33.7 Å². The Hall–Kier alpha value is -2.78. The fourth-order valence-electron chi connectivity index (χ4n) is 2.64.